The summed E-state index contributed by atoms with van der Waals surface area (Å²) in [5.74, 6) is 0.616. The minimum atomic E-state index is 0.616. The van der Waals surface area contributed by atoms with Gasteiger partial charge in [-0.2, -0.15) is 0 Å². The van der Waals surface area contributed by atoms with Crippen LogP contribution in [0.1, 0.15) is 0 Å². The van der Waals surface area contributed by atoms with Gasteiger partial charge in [-0.15, -0.1) is 0 Å². The third-order valence-electron chi connectivity index (χ3n) is 10.1. The lowest BCUT2D eigenvalue weighted by Gasteiger charge is -2.11. The van der Waals surface area contributed by atoms with E-state index in [1.165, 1.54) is 5.39 Å². The first kappa shape index (κ1) is 27.9. The van der Waals surface area contributed by atoms with Gasteiger partial charge in [0.1, 0.15) is 11.2 Å². The van der Waals surface area contributed by atoms with Crippen LogP contribution in [-0.2, 0) is 0 Å². The molecule has 0 aliphatic heterocycles. The van der Waals surface area contributed by atoms with Crippen LogP contribution in [0, 0.1) is 0 Å². The quantitative estimate of drug-likeness (QED) is 0.190. The molecule has 5 heteroatoms. The number of hydrogen-bond acceptors (Lipinski definition) is 3. The number of hydrogen-bond donors (Lipinski definition) is 0. The van der Waals surface area contributed by atoms with Crippen LogP contribution in [0.5, 0.6) is 0 Å². The van der Waals surface area contributed by atoms with Crippen LogP contribution in [0.4, 0.5) is 0 Å². The maximum atomic E-state index is 7.11. The molecule has 4 heterocycles. The Bertz CT molecular complexity index is 3060. The summed E-state index contributed by atoms with van der Waals surface area (Å²) in [6, 6.07) is 59.2. The zero-order chi connectivity index (χ0) is 33.5. The second kappa shape index (κ2) is 10.8. The molecule has 0 unspecified atom stereocenters. The fourth-order valence-corrected chi connectivity index (χ4v) is 7.91. The minimum absolute atomic E-state index is 0.616. The first-order chi connectivity index (χ1) is 25.3. The fourth-order valence-electron chi connectivity index (χ4n) is 7.91. The van der Waals surface area contributed by atoms with Crippen LogP contribution in [0.15, 0.2) is 174 Å². The van der Waals surface area contributed by atoms with Crippen LogP contribution in [0.2, 0.25) is 0 Å². The molecule has 0 amide bonds. The number of fused-ring (bicyclic) bond motifs is 11. The Morgan fingerprint density at radius 1 is 0.373 bits per heavy atom. The Hall–Kier alpha value is -6.98. The van der Waals surface area contributed by atoms with Gasteiger partial charge in [0.05, 0.1) is 44.2 Å². The molecule has 0 N–H and O–H groups in total. The molecule has 0 atom stereocenters. The van der Waals surface area contributed by atoms with Crippen molar-refractivity contribution in [3.8, 4) is 34.2 Å². The molecule has 0 spiro atoms. The number of benzene rings is 7. The van der Waals surface area contributed by atoms with Gasteiger partial charge in [-0.1, -0.05) is 115 Å². The highest BCUT2D eigenvalue weighted by Crippen LogP contribution is 2.44. The Labute approximate surface area is 292 Å². The molecule has 0 aliphatic carbocycles. The molecule has 0 fully saturated rings. The molecule has 11 aromatic rings. The third-order valence-corrected chi connectivity index (χ3v) is 10.1. The monoisotopic (exact) mass is 652 g/mol. The van der Waals surface area contributed by atoms with Gasteiger partial charge in [-0.05, 0) is 54.6 Å². The molecule has 51 heavy (non-hydrogen) atoms. The maximum Gasteiger partial charge on any atom is 0.235 e. The minimum Gasteiger partial charge on any atom is -0.455 e. The van der Waals surface area contributed by atoms with E-state index >= 15 is 0 Å². The summed E-state index contributed by atoms with van der Waals surface area (Å²) in [6.45, 7) is 0. The third kappa shape index (κ3) is 4.09. The summed E-state index contributed by atoms with van der Waals surface area (Å²) in [7, 11) is 0. The van der Waals surface area contributed by atoms with E-state index in [9.17, 15) is 0 Å². The predicted octanol–water partition coefficient (Wildman–Crippen LogP) is 11.9. The largest absolute Gasteiger partial charge is 0.455 e. The highest BCUT2D eigenvalue weighted by atomic mass is 16.3. The van der Waals surface area contributed by atoms with E-state index in [-0.39, 0.29) is 0 Å². The molecule has 5 nitrogen and oxygen atoms in total. The summed E-state index contributed by atoms with van der Waals surface area (Å²) in [6.07, 6.45) is 0. The van der Waals surface area contributed by atoms with Crippen LogP contribution >= 0.6 is 0 Å². The van der Waals surface area contributed by atoms with Crippen LogP contribution in [-0.4, -0.2) is 19.1 Å². The van der Waals surface area contributed by atoms with Crippen molar-refractivity contribution in [2.45, 2.75) is 0 Å². The lowest BCUT2D eigenvalue weighted by Crippen LogP contribution is -2.03. The van der Waals surface area contributed by atoms with Crippen LogP contribution in [0.25, 0.3) is 99.7 Å². The van der Waals surface area contributed by atoms with Gasteiger partial charge in [0.15, 0.2) is 0 Å². The molecular formula is C46H28N4O. The van der Waals surface area contributed by atoms with Crippen molar-refractivity contribution < 1.29 is 4.42 Å². The normalized spacial score (nSPS) is 11.9. The Balaban J connectivity index is 1.23. The Kier molecular flexibility index (Phi) is 5.89. The molecular weight excluding hydrogens is 625 g/mol. The maximum absolute atomic E-state index is 7.11. The summed E-state index contributed by atoms with van der Waals surface area (Å²) < 4.78 is 11.6. The second-order valence-corrected chi connectivity index (χ2v) is 13.0. The zero-order valence-corrected chi connectivity index (χ0v) is 27.4. The molecule has 0 aliphatic rings. The second-order valence-electron chi connectivity index (χ2n) is 13.0. The van der Waals surface area contributed by atoms with E-state index in [4.69, 9.17) is 14.4 Å². The van der Waals surface area contributed by atoms with Crippen molar-refractivity contribution in [1.29, 1.82) is 0 Å². The van der Waals surface area contributed by atoms with Crippen LogP contribution < -0.4 is 0 Å². The highest BCUT2D eigenvalue weighted by molar-refractivity contribution is 6.28. The van der Waals surface area contributed by atoms with Gasteiger partial charge < -0.3 is 8.98 Å². The standard InChI is InChI=1S/C46H28N4O/c1-4-14-29(15-5-1)36-28-37(30-16-6-2-7-17-30)48-46(47-36)50-39-23-13-11-21-35(39)43-41(50)27-25-33-32-24-26-40-42(44(32)51-45(33)43)34-20-10-12-22-38(34)49(40)31-18-8-3-9-19-31/h1-28H. The van der Waals surface area contributed by atoms with Gasteiger partial charge in [-0.3, -0.25) is 4.57 Å². The van der Waals surface area contributed by atoms with E-state index in [0.29, 0.717) is 5.95 Å². The molecule has 0 radical (unpaired) electrons. The molecule has 0 bridgehead atoms. The lowest BCUT2D eigenvalue weighted by atomic mass is 10.1. The van der Waals surface area contributed by atoms with E-state index in [2.05, 4.69) is 143 Å². The highest BCUT2D eigenvalue weighted by Gasteiger charge is 2.23. The number of nitrogens with zero attached hydrogens (tertiary/aromatic N) is 4. The predicted molar refractivity (Wildman–Crippen MR) is 209 cm³/mol. The lowest BCUT2D eigenvalue weighted by molar-refractivity contribution is 0.677. The molecule has 7 aromatic carbocycles. The summed E-state index contributed by atoms with van der Waals surface area (Å²) in [5.41, 5.74) is 11.0. The smallest absolute Gasteiger partial charge is 0.235 e. The van der Waals surface area contributed by atoms with Crippen molar-refractivity contribution in [2.24, 2.45) is 0 Å². The van der Waals surface area contributed by atoms with Crippen molar-refractivity contribution in [2.75, 3.05) is 0 Å². The first-order valence-electron chi connectivity index (χ1n) is 17.2. The average Bonchev–Trinajstić information content (AvgIpc) is 3.86. The molecule has 11 rings (SSSR count). The summed E-state index contributed by atoms with van der Waals surface area (Å²) >= 11 is 0. The topological polar surface area (TPSA) is 48.8 Å². The van der Waals surface area contributed by atoms with Crippen molar-refractivity contribution >= 4 is 65.6 Å². The number of para-hydroxylation sites is 3. The Morgan fingerprint density at radius 3 is 1.37 bits per heavy atom. The number of aromatic nitrogens is 4. The Morgan fingerprint density at radius 2 is 0.824 bits per heavy atom. The van der Waals surface area contributed by atoms with E-state index in [1.54, 1.807) is 0 Å². The van der Waals surface area contributed by atoms with Gasteiger partial charge >= 0.3 is 0 Å². The first-order valence-corrected chi connectivity index (χ1v) is 17.2. The van der Waals surface area contributed by atoms with Gasteiger partial charge in [0.2, 0.25) is 5.95 Å². The molecule has 0 saturated carbocycles. The molecule has 0 saturated heterocycles. The van der Waals surface area contributed by atoms with Gasteiger partial charge in [-0.25, -0.2) is 9.97 Å². The van der Waals surface area contributed by atoms with E-state index < -0.39 is 0 Å². The molecule has 4 aromatic heterocycles. The van der Waals surface area contributed by atoms with Crippen LogP contribution in [0.3, 0.4) is 0 Å². The fraction of sp³-hybridized carbons (Fsp3) is 0. The van der Waals surface area contributed by atoms with Gasteiger partial charge in [0, 0.05) is 38.4 Å². The van der Waals surface area contributed by atoms with Crippen molar-refractivity contribution in [3.63, 3.8) is 0 Å². The van der Waals surface area contributed by atoms with E-state index in [1.807, 2.05) is 36.4 Å². The summed E-state index contributed by atoms with van der Waals surface area (Å²) in [4.78, 5) is 10.4. The molecule has 238 valence electrons. The zero-order valence-electron chi connectivity index (χ0n) is 27.4. The van der Waals surface area contributed by atoms with Crippen molar-refractivity contribution in [1.82, 2.24) is 19.1 Å². The van der Waals surface area contributed by atoms with Crippen molar-refractivity contribution in [3.05, 3.63) is 170 Å². The van der Waals surface area contributed by atoms with Gasteiger partial charge in [0.25, 0.3) is 0 Å². The SMILES string of the molecule is c1ccc(-c2cc(-c3ccccc3)nc(-n3c4ccccc4c4c5oc6c(ccc7c6c6ccccc6n7-c6ccccc6)c5ccc43)n2)cc1. The number of rotatable bonds is 4. The number of furan rings is 1. The average molecular weight is 653 g/mol. The summed E-state index contributed by atoms with van der Waals surface area (Å²) in [5, 5.41) is 6.61. The van der Waals surface area contributed by atoms with E-state index in [0.717, 1.165) is 88.4 Å².